The third-order valence-electron chi connectivity index (χ3n) is 2.57. The van der Waals surface area contributed by atoms with Crippen LogP contribution in [0, 0.1) is 5.41 Å². The van der Waals surface area contributed by atoms with Gasteiger partial charge >= 0.3 is 5.97 Å². The van der Waals surface area contributed by atoms with Gasteiger partial charge in [-0.3, -0.25) is 4.79 Å². The van der Waals surface area contributed by atoms with Crippen LogP contribution in [-0.4, -0.2) is 24.1 Å². The molecular weight excluding hydrogens is 258 g/mol. The highest BCUT2D eigenvalue weighted by atomic mass is 16.5. The molecule has 0 saturated heterocycles. The van der Waals surface area contributed by atoms with Crippen molar-refractivity contribution < 1.29 is 19.4 Å². The predicted octanol–water partition coefficient (Wildman–Crippen LogP) is 2.78. The van der Waals surface area contributed by atoms with Crippen LogP contribution in [0.5, 0.6) is 5.75 Å². The molecule has 1 rings (SSSR count). The van der Waals surface area contributed by atoms with Gasteiger partial charge in [-0.15, -0.1) is 0 Å². The van der Waals surface area contributed by atoms with Crippen LogP contribution in [-0.2, 0) is 9.59 Å². The van der Waals surface area contributed by atoms with Crippen molar-refractivity contribution in [3.63, 3.8) is 0 Å². The number of hydrogen-bond acceptors (Lipinski definition) is 3. The molecule has 1 aromatic rings. The monoisotopic (exact) mass is 277 g/mol. The second kappa shape index (κ2) is 6.23. The molecule has 0 aromatic heterocycles. The molecule has 1 amide bonds. The number of methoxy groups -OCH3 is 1. The van der Waals surface area contributed by atoms with E-state index in [0.717, 1.165) is 6.08 Å². The summed E-state index contributed by atoms with van der Waals surface area (Å²) in [5.41, 5.74) is 0.648. The second-order valence-electron chi connectivity index (χ2n) is 5.34. The van der Waals surface area contributed by atoms with Crippen molar-refractivity contribution in [1.29, 1.82) is 0 Å². The Labute approximate surface area is 118 Å². The molecule has 1 aromatic carbocycles. The standard InChI is InChI=1S/C15H19NO4/c1-15(2,3)14(19)16-11-9-10(6-8-13(17)18)5-7-12(11)20-4/h5-9H,1-4H3,(H,16,19)(H,17,18). The molecule has 0 heterocycles. The third-order valence-corrected chi connectivity index (χ3v) is 2.57. The Morgan fingerprint density at radius 3 is 2.45 bits per heavy atom. The van der Waals surface area contributed by atoms with Gasteiger partial charge < -0.3 is 15.2 Å². The first kappa shape index (κ1) is 15.8. The number of amides is 1. The lowest BCUT2D eigenvalue weighted by atomic mass is 9.95. The summed E-state index contributed by atoms with van der Waals surface area (Å²) in [4.78, 5) is 22.5. The first-order valence-electron chi connectivity index (χ1n) is 6.14. The van der Waals surface area contributed by atoms with E-state index in [-0.39, 0.29) is 5.91 Å². The summed E-state index contributed by atoms with van der Waals surface area (Å²) in [6.45, 7) is 5.43. The van der Waals surface area contributed by atoms with Crippen LogP contribution in [0.25, 0.3) is 6.08 Å². The van der Waals surface area contributed by atoms with Crippen molar-refractivity contribution in [2.45, 2.75) is 20.8 Å². The molecule has 2 N–H and O–H groups in total. The number of hydrogen-bond donors (Lipinski definition) is 2. The zero-order chi connectivity index (χ0) is 15.3. The molecule has 0 fully saturated rings. The molecule has 0 bridgehead atoms. The quantitative estimate of drug-likeness (QED) is 0.830. The minimum absolute atomic E-state index is 0.143. The lowest BCUT2D eigenvalue weighted by Gasteiger charge is -2.19. The van der Waals surface area contributed by atoms with E-state index in [0.29, 0.717) is 17.0 Å². The van der Waals surface area contributed by atoms with Gasteiger partial charge in [0, 0.05) is 11.5 Å². The molecule has 0 aliphatic heterocycles. The number of nitrogens with one attached hydrogen (secondary N) is 1. The minimum Gasteiger partial charge on any atom is -0.495 e. The molecule has 0 saturated carbocycles. The fraction of sp³-hybridized carbons (Fsp3) is 0.333. The van der Waals surface area contributed by atoms with E-state index in [1.54, 1.807) is 18.2 Å². The van der Waals surface area contributed by atoms with Gasteiger partial charge in [0.2, 0.25) is 5.91 Å². The van der Waals surface area contributed by atoms with E-state index >= 15 is 0 Å². The van der Waals surface area contributed by atoms with Crippen LogP contribution >= 0.6 is 0 Å². The summed E-state index contributed by atoms with van der Waals surface area (Å²) < 4.78 is 5.18. The SMILES string of the molecule is COc1ccc(C=CC(=O)O)cc1NC(=O)C(C)(C)C. The van der Waals surface area contributed by atoms with Gasteiger partial charge in [-0.1, -0.05) is 26.8 Å². The zero-order valence-corrected chi connectivity index (χ0v) is 12.1. The Morgan fingerprint density at radius 2 is 1.95 bits per heavy atom. The van der Waals surface area contributed by atoms with Crippen LogP contribution in [0.15, 0.2) is 24.3 Å². The number of carboxylic acid groups (broad SMARTS) is 1. The second-order valence-corrected chi connectivity index (χ2v) is 5.34. The number of carboxylic acids is 1. The van der Waals surface area contributed by atoms with Crippen LogP contribution in [0.4, 0.5) is 5.69 Å². The normalized spacial score (nSPS) is 11.4. The van der Waals surface area contributed by atoms with Gasteiger partial charge in [0.25, 0.3) is 0 Å². The molecule has 0 radical (unpaired) electrons. The zero-order valence-electron chi connectivity index (χ0n) is 12.1. The highest BCUT2D eigenvalue weighted by Gasteiger charge is 2.22. The highest BCUT2D eigenvalue weighted by molar-refractivity contribution is 5.96. The van der Waals surface area contributed by atoms with Crippen LogP contribution in [0.1, 0.15) is 26.3 Å². The number of ether oxygens (including phenoxy) is 1. The number of carbonyl (C=O) groups is 2. The molecule has 20 heavy (non-hydrogen) atoms. The Morgan fingerprint density at radius 1 is 1.30 bits per heavy atom. The number of anilines is 1. The average Bonchev–Trinajstić information content (AvgIpc) is 2.35. The average molecular weight is 277 g/mol. The maximum absolute atomic E-state index is 12.0. The molecule has 108 valence electrons. The fourth-order valence-corrected chi connectivity index (χ4v) is 1.40. The maximum atomic E-state index is 12.0. The van der Waals surface area contributed by atoms with Crippen molar-refractivity contribution >= 4 is 23.6 Å². The maximum Gasteiger partial charge on any atom is 0.328 e. The Hall–Kier alpha value is -2.30. The van der Waals surface area contributed by atoms with Gasteiger partial charge in [0.05, 0.1) is 12.8 Å². The minimum atomic E-state index is -1.03. The van der Waals surface area contributed by atoms with Crippen molar-refractivity contribution in [2.24, 2.45) is 5.41 Å². The molecule has 5 nitrogen and oxygen atoms in total. The van der Waals surface area contributed by atoms with Crippen LogP contribution in [0.3, 0.4) is 0 Å². The van der Waals surface area contributed by atoms with Crippen molar-refractivity contribution in [3.05, 3.63) is 29.8 Å². The van der Waals surface area contributed by atoms with E-state index in [1.807, 2.05) is 20.8 Å². The van der Waals surface area contributed by atoms with Crippen molar-refractivity contribution in [1.82, 2.24) is 0 Å². The molecule has 0 spiro atoms. The topological polar surface area (TPSA) is 75.6 Å². The van der Waals surface area contributed by atoms with Gasteiger partial charge in [0.15, 0.2) is 0 Å². The van der Waals surface area contributed by atoms with Crippen molar-refractivity contribution in [3.8, 4) is 5.75 Å². The molecule has 0 aliphatic rings. The summed E-state index contributed by atoms with van der Waals surface area (Å²) in [5.74, 6) is -0.647. The van der Waals surface area contributed by atoms with Gasteiger partial charge in [-0.25, -0.2) is 4.79 Å². The van der Waals surface area contributed by atoms with Gasteiger partial charge in [-0.2, -0.15) is 0 Å². The largest absolute Gasteiger partial charge is 0.495 e. The van der Waals surface area contributed by atoms with E-state index < -0.39 is 11.4 Å². The lowest BCUT2D eigenvalue weighted by Crippen LogP contribution is -2.27. The predicted molar refractivity (Wildman–Crippen MR) is 77.7 cm³/mol. The van der Waals surface area contributed by atoms with Crippen LogP contribution in [0.2, 0.25) is 0 Å². The van der Waals surface area contributed by atoms with E-state index in [2.05, 4.69) is 5.32 Å². The van der Waals surface area contributed by atoms with E-state index in [4.69, 9.17) is 9.84 Å². The van der Waals surface area contributed by atoms with Crippen molar-refractivity contribution in [2.75, 3.05) is 12.4 Å². The molecule has 0 aliphatic carbocycles. The van der Waals surface area contributed by atoms with E-state index in [9.17, 15) is 9.59 Å². The molecule has 5 heteroatoms. The van der Waals surface area contributed by atoms with E-state index in [1.165, 1.54) is 13.2 Å². The number of rotatable bonds is 4. The summed E-state index contributed by atoms with van der Waals surface area (Å²) in [5, 5.41) is 11.4. The summed E-state index contributed by atoms with van der Waals surface area (Å²) in [6.07, 6.45) is 2.49. The Bertz CT molecular complexity index is 541. The fourth-order valence-electron chi connectivity index (χ4n) is 1.40. The Kier molecular flexibility index (Phi) is 4.91. The molecular formula is C15H19NO4. The smallest absolute Gasteiger partial charge is 0.328 e. The molecule has 0 atom stereocenters. The number of aliphatic carboxylic acids is 1. The summed E-state index contributed by atoms with van der Waals surface area (Å²) in [6, 6.07) is 5.06. The summed E-state index contributed by atoms with van der Waals surface area (Å²) >= 11 is 0. The van der Waals surface area contributed by atoms with Gasteiger partial charge in [-0.05, 0) is 23.8 Å². The highest BCUT2D eigenvalue weighted by Crippen LogP contribution is 2.28. The first-order chi connectivity index (χ1) is 9.24. The summed E-state index contributed by atoms with van der Waals surface area (Å²) in [7, 11) is 1.51. The number of carbonyl (C=O) groups excluding carboxylic acids is 1. The Balaban J connectivity index is 3.06. The third kappa shape index (κ3) is 4.42. The molecule has 0 unspecified atom stereocenters. The lowest BCUT2D eigenvalue weighted by molar-refractivity contribution is -0.131. The van der Waals surface area contributed by atoms with Gasteiger partial charge in [0.1, 0.15) is 5.75 Å². The first-order valence-corrected chi connectivity index (χ1v) is 6.14. The number of benzene rings is 1. The van der Waals surface area contributed by atoms with Crippen LogP contribution < -0.4 is 10.1 Å².